The number of hydrogen-bond acceptors (Lipinski definition) is 2. The summed E-state index contributed by atoms with van der Waals surface area (Å²) in [6, 6.07) is 1.90. The average molecular weight is 264 g/mol. The summed E-state index contributed by atoms with van der Waals surface area (Å²) in [6.07, 6.45) is 21.4. The van der Waals surface area contributed by atoms with Gasteiger partial charge in [0.25, 0.3) is 0 Å². The van der Waals surface area contributed by atoms with Gasteiger partial charge < -0.3 is 0 Å². The first-order chi connectivity index (χ1) is 7.97. The molecule has 0 bridgehead atoms. The molecule has 2 saturated carbocycles. The molecule has 0 atom stereocenters. The molecule has 0 saturated heterocycles. The Kier molecular flexibility index (Phi) is 7.46. The first kappa shape index (κ1) is 14.7. The van der Waals surface area contributed by atoms with Gasteiger partial charge in [-0.3, -0.25) is 0 Å². The van der Waals surface area contributed by atoms with Crippen LogP contribution in [0.25, 0.3) is 0 Å². The molecule has 2 nitrogen and oxygen atoms in total. The van der Waals surface area contributed by atoms with Gasteiger partial charge in [-0.2, -0.15) is 0 Å². The topological polar surface area (TPSA) is 25.8 Å². The number of rotatable bonds is 1. The van der Waals surface area contributed by atoms with E-state index in [4.69, 9.17) is 0 Å². The molecule has 0 amide bonds. The predicted octanol–water partition coefficient (Wildman–Crippen LogP) is 2.25. The third kappa shape index (κ3) is 5.18. The van der Waals surface area contributed by atoms with E-state index in [1.54, 1.807) is 12.5 Å². The minimum Gasteiger partial charge on any atom is -0.245 e. The largest absolute Gasteiger partial charge is 0.245 e. The maximum atomic E-state index is 4.11. The van der Waals surface area contributed by atoms with Gasteiger partial charge in [0.2, 0.25) is 0 Å². The average Bonchev–Trinajstić information content (AvgIpc) is 3.07. The smallest absolute Gasteiger partial charge is 0.115 e. The van der Waals surface area contributed by atoms with Crippen molar-refractivity contribution in [1.82, 2.24) is 9.97 Å². The van der Waals surface area contributed by atoms with E-state index in [1.807, 2.05) is 63.9 Å². The molecule has 17 heavy (non-hydrogen) atoms. The molecule has 1 aromatic heterocycles. The van der Waals surface area contributed by atoms with E-state index >= 15 is 0 Å². The monoisotopic (exact) mass is 264 g/mol. The SMILES string of the molecule is [CH]1[CH][CH][CH][CH]1.[CH]1[CH][CH][C](c2ccncn2)[CH]1.[Fe]. The third-order valence-electron chi connectivity index (χ3n) is 2.10. The molecule has 2 aliphatic carbocycles. The second-order valence-corrected chi connectivity index (χ2v) is 3.23. The van der Waals surface area contributed by atoms with Crippen molar-refractivity contribution in [1.29, 1.82) is 0 Å². The van der Waals surface area contributed by atoms with E-state index in [0.717, 1.165) is 11.6 Å². The third-order valence-corrected chi connectivity index (χ3v) is 2.10. The molecule has 1 heterocycles. The maximum absolute atomic E-state index is 4.11. The van der Waals surface area contributed by atoms with Crippen LogP contribution in [0, 0.1) is 63.7 Å². The number of nitrogens with zero attached hydrogens (tertiary/aromatic N) is 2. The van der Waals surface area contributed by atoms with Crippen LogP contribution in [-0.4, -0.2) is 9.97 Å². The van der Waals surface area contributed by atoms with Gasteiger partial charge >= 0.3 is 0 Å². The molecule has 3 heteroatoms. The molecule has 2 fully saturated rings. The van der Waals surface area contributed by atoms with E-state index < -0.39 is 0 Å². The second kappa shape index (κ2) is 8.66. The Morgan fingerprint density at radius 1 is 0.765 bits per heavy atom. The van der Waals surface area contributed by atoms with Gasteiger partial charge in [-0.1, -0.05) is 0 Å². The standard InChI is InChI=1S/C9H7N2.C5H5.Fe/c1-2-4-8(3-1)9-5-6-10-7-11-9;1-2-4-5-3-1;/h1-7H;1-5H;. The Bertz CT molecular complexity index is 272. The normalized spacial score (nSPS) is 19.3. The Morgan fingerprint density at radius 2 is 1.35 bits per heavy atom. The first-order valence-electron chi connectivity index (χ1n) is 5.11. The van der Waals surface area contributed by atoms with Crippen molar-refractivity contribution in [2.75, 3.05) is 0 Å². The van der Waals surface area contributed by atoms with Crippen molar-refractivity contribution in [3.8, 4) is 0 Å². The molecule has 0 aromatic carbocycles. The van der Waals surface area contributed by atoms with Crippen LogP contribution in [0.3, 0.4) is 0 Å². The van der Waals surface area contributed by atoms with E-state index in [1.165, 1.54) is 0 Å². The summed E-state index contributed by atoms with van der Waals surface area (Å²) in [6.45, 7) is 0. The fourth-order valence-electron chi connectivity index (χ4n) is 1.33. The van der Waals surface area contributed by atoms with Gasteiger partial charge in [0.05, 0.1) is 5.69 Å². The van der Waals surface area contributed by atoms with E-state index in [9.17, 15) is 0 Å². The van der Waals surface area contributed by atoms with Crippen LogP contribution in [0.15, 0.2) is 18.6 Å². The van der Waals surface area contributed by atoms with Crippen molar-refractivity contribution in [3.05, 3.63) is 88.0 Å². The van der Waals surface area contributed by atoms with Crippen molar-refractivity contribution >= 4 is 0 Å². The molecule has 86 valence electrons. The molecular formula is C14H12FeN2. The van der Waals surface area contributed by atoms with E-state index in [-0.39, 0.29) is 17.1 Å². The molecule has 0 unspecified atom stereocenters. The molecule has 3 rings (SSSR count). The summed E-state index contributed by atoms with van der Waals surface area (Å²) >= 11 is 0. The van der Waals surface area contributed by atoms with Gasteiger partial charge in [-0.05, 0) is 63.9 Å². The van der Waals surface area contributed by atoms with Gasteiger partial charge in [0.1, 0.15) is 6.33 Å². The summed E-state index contributed by atoms with van der Waals surface area (Å²) in [7, 11) is 0. The zero-order valence-corrected chi connectivity index (χ0v) is 10.3. The molecule has 2 aliphatic rings. The molecule has 1 aromatic rings. The molecule has 0 aliphatic heterocycles. The fraction of sp³-hybridized carbons (Fsp3) is 0. The Hall–Kier alpha value is -0.401. The van der Waals surface area contributed by atoms with Crippen LogP contribution < -0.4 is 0 Å². The summed E-state index contributed by atoms with van der Waals surface area (Å²) in [5.74, 6) is 1.15. The van der Waals surface area contributed by atoms with Crippen LogP contribution >= 0.6 is 0 Å². The Morgan fingerprint density at radius 3 is 1.82 bits per heavy atom. The summed E-state index contributed by atoms with van der Waals surface area (Å²) < 4.78 is 0. The van der Waals surface area contributed by atoms with Crippen LogP contribution in [0.1, 0.15) is 5.69 Å². The molecule has 0 spiro atoms. The number of aromatic nitrogens is 2. The number of hydrogen-bond donors (Lipinski definition) is 0. The summed E-state index contributed by atoms with van der Waals surface area (Å²) in [5.41, 5.74) is 0.977. The van der Waals surface area contributed by atoms with Gasteiger partial charge in [-0.15, -0.1) is 0 Å². The quantitative estimate of drug-likeness (QED) is 0.727. The fourth-order valence-corrected chi connectivity index (χ4v) is 1.33. The first-order valence-corrected chi connectivity index (χ1v) is 5.11. The van der Waals surface area contributed by atoms with Crippen LogP contribution in [0.2, 0.25) is 0 Å². The van der Waals surface area contributed by atoms with Gasteiger partial charge in [0, 0.05) is 29.2 Å². The van der Waals surface area contributed by atoms with E-state index in [0.29, 0.717) is 0 Å². The maximum Gasteiger partial charge on any atom is 0.115 e. The van der Waals surface area contributed by atoms with Gasteiger partial charge in [-0.25, -0.2) is 9.97 Å². The zero-order chi connectivity index (χ0) is 11.1. The van der Waals surface area contributed by atoms with Crippen molar-refractivity contribution in [2.24, 2.45) is 0 Å². The predicted molar refractivity (Wildman–Crippen MR) is 63.1 cm³/mol. The van der Waals surface area contributed by atoms with E-state index in [2.05, 4.69) is 9.97 Å². The van der Waals surface area contributed by atoms with Crippen LogP contribution in [-0.2, 0) is 17.1 Å². The van der Waals surface area contributed by atoms with Gasteiger partial charge in [0.15, 0.2) is 0 Å². The van der Waals surface area contributed by atoms with Crippen LogP contribution in [0.4, 0.5) is 0 Å². The van der Waals surface area contributed by atoms with Crippen molar-refractivity contribution in [3.63, 3.8) is 0 Å². The van der Waals surface area contributed by atoms with Crippen LogP contribution in [0.5, 0.6) is 0 Å². The van der Waals surface area contributed by atoms with Crippen molar-refractivity contribution < 1.29 is 17.1 Å². The zero-order valence-electron chi connectivity index (χ0n) is 9.18. The molecule has 0 N–H and O–H groups in total. The minimum absolute atomic E-state index is 0. The molecule has 10 radical (unpaired) electrons. The second-order valence-electron chi connectivity index (χ2n) is 3.23. The Labute approximate surface area is 115 Å². The minimum atomic E-state index is 0. The summed E-state index contributed by atoms with van der Waals surface area (Å²) in [4.78, 5) is 7.95. The van der Waals surface area contributed by atoms with Crippen molar-refractivity contribution in [2.45, 2.75) is 0 Å². The molecular weight excluding hydrogens is 252 g/mol. The summed E-state index contributed by atoms with van der Waals surface area (Å²) in [5, 5.41) is 0. The Balaban J connectivity index is 0.000000205.